The van der Waals surface area contributed by atoms with Crippen molar-refractivity contribution in [3.8, 4) is 17.2 Å². The molecule has 2 aliphatic heterocycles. The number of aliphatic hydroxyl groups is 1. The Balaban J connectivity index is 1.39. The lowest BCUT2D eigenvalue weighted by Gasteiger charge is -2.38. The summed E-state index contributed by atoms with van der Waals surface area (Å²) in [6, 6.07) is 9.47. The third-order valence-electron chi connectivity index (χ3n) is 7.32. The van der Waals surface area contributed by atoms with Gasteiger partial charge in [-0.1, -0.05) is 13.0 Å². The number of amides is 4. The van der Waals surface area contributed by atoms with Crippen molar-refractivity contribution >= 4 is 29.2 Å². The summed E-state index contributed by atoms with van der Waals surface area (Å²) in [6.45, 7) is 4.19. The van der Waals surface area contributed by atoms with Gasteiger partial charge in [-0.25, -0.2) is 4.79 Å². The maximum atomic E-state index is 13.6. The van der Waals surface area contributed by atoms with E-state index in [-0.39, 0.29) is 55.4 Å². The van der Waals surface area contributed by atoms with Gasteiger partial charge in [0.05, 0.1) is 30.4 Å². The Bertz CT molecular complexity index is 1260. The number of ether oxygens (including phenoxy) is 3. The minimum atomic E-state index is -0.517. The van der Waals surface area contributed by atoms with Gasteiger partial charge >= 0.3 is 6.03 Å². The summed E-state index contributed by atoms with van der Waals surface area (Å²) in [6.07, 6.45) is 1.16. The molecular weight excluding hydrogens is 504 g/mol. The third kappa shape index (κ3) is 5.73. The van der Waals surface area contributed by atoms with E-state index in [1.165, 1.54) is 4.90 Å². The monoisotopic (exact) mass is 538 g/mol. The Morgan fingerprint density at radius 3 is 2.67 bits per heavy atom. The van der Waals surface area contributed by atoms with Crippen LogP contribution in [0.1, 0.15) is 37.0 Å². The predicted molar refractivity (Wildman–Crippen MR) is 143 cm³/mol. The van der Waals surface area contributed by atoms with Crippen LogP contribution in [0.25, 0.3) is 0 Å². The van der Waals surface area contributed by atoms with Gasteiger partial charge < -0.3 is 39.8 Å². The molecule has 11 nitrogen and oxygen atoms in total. The molecule has 5 rings (SSSR count). The maximum absolute atomic E-state index is 13.6. The zero-order valence-corrected chi connectivity index (χ0v) is 22.3. The molecule has 3 atom stereocenters. The molecule has 0 saturated heterocycles. The lowest BCUT2D eigenvalue weighted by atomic mass is 9.99. The molecule has 208 valence electrons. The van der Waals surface area contributed by atoms with Crippen LogP contribution < -0.4 is 24.8 Å². The largest absolute Gasteiger partial charge is 0.485 e. The number of urea groups is 1. The second-order valence-electron chi connectivity index (χ2n) is 10.4. The first-order valence-electron chi connectivity index (χ1n) is 13.2. The van der Waals surface area contributed by atoms with Crippen LogP contribution in [0.2, 0.25) is 0 Å². The van der Waals surface area contributed by atoms with Gasteiger partial charge in [-0.2, -0.15) is 0 Å². The normalized spacial score (nSPS) is 20.7. The molecule has 2 aromatic carbocycles. The SMILES string of the molecule is C[C@@H]1CN([C@H](C)CO)C(=O)c2cccc(NC(=O)C3CC3)c2O[C@@H]1CN(C)C(=O)Nc1ccc2c(c1)OCO2. The molecule has 3 N–H and O–H groups in total. The van der Waals surface area contributed by atoms with Gasteiger partial charge in [0.2, 0.25) is 12.7 Å². The quantitative estimate of drug-likeness (QED) is 0.494. The zero-order valence-electron chi connectivity index (χ0n) is 22.3. The molecule has 11 heteroatoms. The molecule has 2 aromatic rings. The van der Waals surface area contributed by atoms with E-state index in [1.54, 1.807) is 55.3 Å². The number of carbonyl (C=O) groups is 3. The average molecular weight is 539 g/mol. The molecule has 1 saturated carbocycles. The van der Waals surface area contributed by atoms with E-state index in [2.05, 4.69) is 10.6 Å². The number of fused-ring (bicyclic) bond motifs is 2. The standard InChI is InChI=1S/C28H34N4O7/c1-16-12-32(17(2)14-33)27(35)20-5-4-6-21(30-26(34)18-7-8-18)25(20)39-24(16)13-31(3)28(36)29-19-9-10-22-23(11-19)38-15-37-22/h4-6,9-11,16-18,24,33H,7-8,12-15H2,1-3H3,(H,29,36)(H,30,34)/t16-,17-,24-/m1/s1. The molecule has 3 aliphatic rings. The highest BCUT2D eigenvalue weighted by Gasteiger charge is 2.36. The van der Waals surface area contributed by atoms with Crippen LogP contribution in [-0.4, -0.2) is 78.4 Å². The number of para-hydroxylation sites is 1. The van der Waals surface area contributed by atoms with E-state index < -0.39 is 12.1 Å². The molecule has 0 bridgehead atoms. The number of carbonyl (C=O) groups excluding carboxylic acids is 3. The first-order valence-corrected chi connectivity index (χ1v) is 13.2. The van der Waals surface area contributed by atoms with E-state index in [0.717, 1.165) is 12.8 Å². The molecule has 4 amide bonds. The van der Waals surface area contributed by atoms with E-state index in [4.69, 9.17) is 14.2 Å². The van der Waals surface area contributed by atoms with Crippen LogP contribution in [0.5, 0.6) is 17.2 Å². The summed E-state index contributed by atoms with van der Waals surface area (Å²) in [4.78, 5) is 42.4. The van der Waals surface area contributed by atoms with E-state index in [9.17, 15) is 19.5 Å². The van der Waals surface area contributed by atoms with Gasteiger partial charge in [0.15, 0.2) is 17.2 Å². The number of benzene rings is 2. The number of hydrogen-bond acceptors (Lipinski definition) is 7. The molecule has 0 aromatic heterocycles. The molecule has 0 spiro atoms. The number of anilines is 2. The fourth-order valence-corrected chi connectivity index (χ4v) is 4.69. The molecule has 2 heterocycles. The van der Waals surface area contributed by atoms with E-state index >= 15 is 0 Å². The number of rotatable bonds is 7. The summed E-state index contributed by atoms with van der Waals surface area (Å²) in [7, 11) is 1.66. The minimum absolute atomic E-state index is 0.0308. The highest BCUT2D eigenvalue weighted by molar-refractivity contribution is 6.02. The van der Waals surface area contributed by atoms with Crippen LogP contribution in [0, 0.1) is 11.8 Å². The van der Waals surface area contributed by atoms with Gasteiger partial charge in [-0.15, -0.1) is 0 Å². The summed E-state index contributed by atoms with van der Waals surface area (Å²) in [5.74, 6) is 0.832. The van der Waals surface area contributed by atoms with Crippen molar-refractivity contribution in [2.24, 2.45) is 11.8 Å². The Labute approximate surface area is 227 Å². The molecular formula is C28H34N4O7. The Morgan fingerprint density at radius 1 is 1.15 bits per heavy atom. The number of aliphatic hydroxyl groups excluding tert-OH is 1. The average Bonchev–Trinajstić information content (AvgIpc) is 3.68. The lowest BCUT2D eigenvalue weighted by Crippen LogP contribution is -2.50. The van der Waals surface area contributed by atoms with Crippen molar-refractivity contribution in [1.29, 1.82) is 0 Å². The fraction of sp³-hybridized carbons (Fsp3) is 0.464. The summed E-state index contributed by atoms with van der Waals surface area (Å²) >= 11 is 0. The van der Waals surface area contributed by atoms with Crippen molar-refractivity contribution in [3.05, 3.63) is 42.0 Å². The van der Waals surface area contributed by atoms with Gasteiger partial charge in [-0.3, -0.25) is 9.59 Å². The predicted octanol–water partition coefficient (Wildman–Crippen LogP) is 3.15. The third-order valence-corrected chi connectivity index (χ3v) is 7.32. The Hall–Kier alpha value is -3.99. The molecule has 1 fully saturated rings. The number of nitrogens with zero attached hydrogens (tertiary/aromatic N) is 2. The topological polar surface area (TPSA) is 130 Å². The molecule has 0 unspecified atom stereocenters. The first kappa shape index (κ1) is 26.6. The zero-order chi connectivity index (χ0) is 27.7. The minimum Gasteiger partial charge on any atom is -0.485 e. The lowest BCUT2D eigenvalue weighted by molar-refractivity contribution is -0.117. The number of nitrogens with one attached hydrogen (secondary N) is 2. The van der Waals surface area contributed by atoms with Crippen LogP contribution in [-0.2, 0) is 4.79 Å². The van der Waals surface area contributed by atoms with Gasteiger partial charge in [0, 0.05) is 37.2 Å². The maximum Gasteiger partial charge on any atom is 0.321 e. The van der Waals surface area contributed by atoms with Crippen LogP contribution in [0.3, 0.4) is 0 Å². The van der Waals surface area contributed by atoms with Crippen LogP contribution >= 0.6 is 0 Å². The Morgan fingerprint density at radius 2 is 1.92 bits per heavy atom. The molecule has 1 aliphatic carbocycles. The van der Waals surface area contributed by atoms with Gasteiger partial charge in [0.1, 0.15) is 6.10 Å². The van der Waals surface area contributed by atoms with Crippen molar-refractivity contribution in [2.75, 3.05) is 44.2 Å². The fourth-order valence-electron chi connectivity index (χ4n) is 4.69. The van der Waals surface area contributed by atoms with Crippen molar-refractivity contribution in [1.82, 2.24) is 9.80 Å². The molecule has 0 radical (unpaired) electrons. The van der Waals surface area contributed by atoms with Crippen molar-refractivity contribution < 1.29 is 33.7 Å². The number of hydrogen-bond donors (Lipinski definition) is 3. The van der Waals surface area contributed by atoms with Gasteiger partial charge in [0.25, 0.3) is 5.91 Å². The van der Waals surface area contributed by atoms with Crippen molar-refractivity contribution in [3.63, 3.8) is 0 Å². The second kappa shape index (κ2) is 11.0. The van der Waals surface area contributed by atoms with E-state index in [1.807, 2.05) is 6.92 Å². The smallest absolute Gasteiger partial charge is 0.321 e. The van der Waals surface area contributed by atoms with Crippen LogP contribution in [0.4, 0.5) is 16.2 Å². The first-order chi connectivity index (χ1) is 18.7. The summed E-state index contributed by atoms with van der Waals surface area (Å²) in [5.41, 5.74) is 1.28. The highest BCUT2D eigenvalue weighted by atomic mass is 16.7. The van der Waals surface area contributed by atoms with E-state index in [0.29, 0.717) is 35.0 Å². The van der Waals surface area contributed by atoms with Crippen LogP contribution in [0.15, 0.2) is 36.4 Å². The molecule has 39 heavy (non-hydrogen) atoms. The van der Waals surface area contributed by atoms with Gasteiger partial charge in [-0.05, 0) is 44.0 Å². The highest BCUT2D eigenvalue weighted by Crippen LogP contribution is 2.37. The van der Waals surface area contributed by atoms with Crippen molar-refractivity contribution in [2.45, 2.75) is 38.8 Å². The summed E-state index contributed by atoms with van der Waals surface area (Å²) in [5, 5.41) is 15.7. The summed E-state index contributed by atoms with van der Waals surface area (Å²) < 4.78 is 17.2. The number of likely N-dealkylation sites (N-methyl/N-ethyl adjacent to an activating group) is 1. The second-order valence-corrected chi connectivity index (χ2v) is 10.4. The Kier molecular flexibility index (Phi) is 7.51.